The molecule has 0 amide bonds. The smallest absolute Gasteiger partial charge is 0.118 e. The topological polar surface area (TPSA) is 24.5 Å². The molecular weight excluding hydrogens is 260 g/mol. The van der Waals surface area contributed by atoms with Crippen LogP contribution in [0.3, 0.4) is 0 Å². The molecule has 0 saturated carbocycles. The number of nitrogens with zero attached hydrogens (tertiary/aromatic N) is 1. The second kappa shape index (κ2) is 8.40. The van der Waals surface area contributed by atoms with Crippen LogP contribution >= 0.6 is 0 Å². The third-order valence-corrected chi connectivity index (χ3v) is 4.56. The van der Waals surface area contributed by atoms with Crippen molar-refractivity contribution in [2.45, 2.75) is 45.7 Å². The van der Waals surface area contributed by atoms with Gasteiger partial charge in [0, 0.05) is 19.1 Å². The summed E-state index contributed by atoms with van der Waals surface area (Å²) >= 11 is 0. The lowest BCUT2D eigenvalue weighted by molar-refractivity contribution is 0.129. The van der Waals surface area contributed by atoms with Gasteiger partial charge in [-0.25, -0.2) is 0 Å². The van der Waals surface area contributed by atoms with E-state index in [1.165, 1.54) is 37.9 Å². The number of rotatable bonds is 7. The van der Waals surface area contributed by atoms with Gasteiger partial charge in [-0.2, -0.15) is 0 Å². The van der Waals surface area contributed by atoms with Crippen LogP contribution in [0.5, 0.6) is 5.75 Å². The van der Waals surface area contributed by atoms with E-state index < -0.39 is 0 Å². The van der Waals surface area contributed by atoms with E-state index >= 15 is 0 Å². The van der Waals surface area contributed by atoms with Gasteiger partial charge in [-0.3, -0.25) is 4.90 Å². The normalized spacial score (nSPS) is 23.2. The van der Waals surface area contributed by atoms with Gasteiger partial charge in [0.15, 0.2) is 0 Å². The zero-order chi connectivity index (χ0) is 15.1. The molecule has 3 heteroatoms. The fourth-order valence-electron chi connectivity index (χ4n) is 3.25. The van der Waals surface area contributed by atoms with Crippen LogP contribution in [0.15, 0.2) is 24.3 Å². The highest BCUT2D eigenvalue weighted by Crippen LogP contribution is 2.22. The van der Waals surface area contributed by atoms with Crippen molar-refractivity contribution in [3.63, 3.8) is 0 Å². The van der Waals surface area contributed by atoms with Gasteiger partial charge in [0.1, 0.15) is 5.75 Å². The molecule has 0 spiro atoms. The van der Waals surface area contributed by atoms with Gasteiger partial charge < -0.3 is 10.1 Å². The average molecular weight is 290 g/mol. The summed E-state index contributed by atoms with van der Waals surface area (Å²) < 4.78 is 5.22. The lowest BCUT2D eigenvalue weighted by Crippen LogP contribution is -2.49. The Balaban J connectivity index is 1.87. The molecule has 1 N–H and O–H groups in total. The maximum atomic E-state index is 5.22. The highest BCUT2D eigenvalue weighted by Gasteiger charge is 2.27. The molecule has 1 fully saturated rings. The SMILES string of the molecule is CCCNC1CCN(Cc2ccc(OC)cc2)CC1CC. The van der Waals surface area contributed by atoms with Gasteiger partial charge in [-0.15, -0.1) is 0 Å². The number of benzene rings is 1. The average Bonchev–Trinajstić information content (AvgIpc) is 2.54. The van der Waals surface area contributed by atoms with E-state index in [4.69, 9.17) is 4.74 Å². The second-order valence-electron chi connectivity index (χ2n) is 6.10. The standard InChI is InChI=1S/C18H30N2O/c1-4-11-19-18-10-12-20(14-16(18)5-2)13-15-6-8-17(21-3)9-7-15/h6-9,16,18-19H,4-5,10-14H2,1-3H3. The lowest BCUT2D eigenvalue weighted by atomic mass is 9.89. The molecule has 2 atom stereocenters. The lowest BCUT2D eigenvalue weighted by Gasteiger charge is -2.39. The molecule has 1 aromatic carbocycles. The van der Waals surface area contributed by atoms with Crippen molar-refractivity contribution in [1.82, 2.24) is 10.2 Å². The maximum Gasteiger partial charge on any atom is 0.118 e. The van der Waals surface area contributed by atoms with Crippen molar-refractivity contribution in [2.24, 2.45) is 5.92 Å². The van der Waals surface area contributed by atoms with Gasteiger partial charge in [0.2, 0.25) is 0 Å². The number of nitrogens with one attached hydrogen (secondary N) is 1. The Kier molecular flexibility index (Phi) is 6.52. The Morgan fingerprint density at radius 2 is 2.00 bits per heavy atom. The third kappa shape index (κ3) is 4.72. The summed E-state index contributed by atoms with van der Waals surface area (Å²) in [5, 5.41) is 3.73. The van der Waals surface area contributed by atoms with E-state index in [2.05, 4.69) is 48.3 Å². The van der Waals surface area contributed by atoms with Crippen LogP contribution in [0.25, 0.3) is 0 Å². The first kappa shape index (κ1) is 16.3. The molecule has 0 aliphatic carbocycles. The van der Waals surface area contributed by atoms with Gasteiger partial charge in [-0.05, 0) is 49.5 Å². The Bertz CT molecular complexity index is 404. The van der Waals surface area contributed by atoms with E-state index in [0.29, 0.717) is 6.04 Å². The molecule has 21 heavy (non-hydrogen) atoms. The van der Waals surface area contributed by atoms with Crippen molar-refractivity contribution < 1.29 is 4.74 Å². The Labute approximate surface area is 129 Å². The van der Waals surface area contributed by atoms with Crippen LogP contribution < -0.4 is 10.1 Å². The first-order valence-corrected chi connectivity index (χ1v) is 8.35. The molecule has 2 rings (SSSR count). The molecule has 0 bridgehead atoms. The van der Waals surface area contributed by atoms with Crippen LogP contribution in [0.2, 0.25) is 0 Å². The quantitative estimate of drug-likeness (QED) is 0.834. The zero-order valence-electron chi connectivity index (χ0n) is 13.8. The molecular formula is C18H30N2O. The van der Waals surface area contributed by atoms with Crippen LogP contribution in [-0.2, 0) is 6.54 Å². The fourth-order valence-corrected chi connectivity index (χ4v) is 3.25. The fraction of sp³-hybridized carbons (Fsp3) is 0.667. The molecule has 1 aromatic rings. The van der Waals surface area contributed by atoms with Crippen molar-refractivity contribution in [3.05, 3.63) is 29.8 Å². The zero-order valence-corrected chi connectivity index (χ0v) is 13.8. The monoisotopic (exact) mass is 290 g/mol. The molecule has 3 nitrogen and oxygen atoms in total. The number of likely N-dealkylation sites (tertiary alicyclic amines) is 1. The predicted molar refractivity (Wildman–Crippen MR) is 88.8 cm³/mol. The summed E-state index contributed by atoms with van der Waals surface area (Å²) in [6, 6.07) is 9.19. The molecule has 2 unspecified atom stereocenters. The molecule has 0 aromatic heterocycles. The van der Waals surface area contributed by atoms with Gasteiger partial charge in [0.05, 0.1) is 7.11 Å². The summed E-state index contributed by atoms with van der Waals surface area (Å²) in [4.78, 5) is 2.60. The molecule has 0 radical (unpaired) electrons. The minimum Gasteiger partial charge on any atom is -0.497 e. The molecule has 118 valence electrons. The van der Waals surface area contributed by atoms with Crippen LogP contribution in [-0.4, -0.2) is 37.7 Å². The Morgan fingerprint density at radius 1 is 1.24 bits per heavy atom. The van der Waals surface area contributed by atoms with Gasteiger partial charge >= 0.3 is 0 Å². The van der Waals surface area contributed by atoms with Crippen molar-refractivity contribution in [3.8, 4) is 5.75 Å². The number of piperidine rings is 1. The third-order valence-electron chi connectivity index (χ3n) is 4.56. The van der Waals surface area contributed by atoms with Crippen molar-refractivity contribution in [2.75, 3.05) is 26.7 Å². The highest BCUT2D eigenvalue weighted by molar-refractivity contribution is 5.27. The molecule has 1 aliphatic heterocycles. The Morgan fingerprint density at radius 3 is 2.62 bits per heavy atom. The van der Waals surface area contributed by atoms with E-state index in [1.54, 1.807) is 7.11 Å². The number of methoxy groups -OCH3 is 1. The summed E-state index contributed by atoms with van der Waals surface area (Å²) in [5.41, 5.74) is 1.38. The minimum absolute atomic E-state index is 0.710. The minimum atomic E-state index is 0.710. The highest BCUT2D eigenvalue weighted by atomic mass is 16.5. The number of hydrogen-bond acceptors (Lipinski definition) is 3. The summed E-state index contributed by atoms with van der Waals surface area (Å²) in [6.45, 7) is 9.18. The van der Waals surface area contributed by atoms with E-state index in [-0.39, 0.29) is 0 Å². The van der Waals surface area contributed by atoms with Crippen molar-refractivity contribution >= 4 is 0 Å². The largest absolute Gasteiger partial charge is 0.497 e. The van der Waals surface area contributed by atoms with Gasteiger partial charge in [-0.1, -0.05) is 32.4 Å². The summed E-state index contributed by atoms with van der Waals surface area (Å²) in [5.74, 6) is 1.72. The van der Waals surface area contributed by atoms with Crippen molar-refractivity contribution in [1.29, 1.82) is 0 Å². The Hall–Kier alpha value is -1.06. The summed E-state index contributed by atoms with van der Waals surface area (Å²) in [6.07, 6.45) is 3.76. The van der Waals surface area contributed by atoms with Crippen LogP contribution in [0.4, 0.5) is 0 Å². The number of hydrogen-bond donors (Lipinski definition) is 1. The van der Waals surface area contributed by atoms with E-state index in [0.717, 1.165) is 24.8 Å². The van der Waals surface area contributed by atoms with Gasteiger partial charge in [0.25, 0.3) is 0 Å². The number of ether oxygens (including phenoxy) is 1. The predicted octanol–water partition coefficient (Wildman–Crippen LogP) is 3.30. The first-order chi connectivity index (χ1) is 10.3. The van der Waals surface area contributed by atoms with Crippen LogP contribution in [0, 0.1) is 5.92 Å². The second-order valence-corrected chi connectivity index (χ2v) is 6.10. The molecule has 1 aliphatic rings. The summed E-state index contributed by atoms with van der Waals surface area (Å²) in [7, 11) is 1.72. The van der Waals surface area contributed by atoms with E-state index in [1.807, 2.05) is 0 Å². The maximum absolute atomic E-state index is 5.22. The molecule has 1 saturated heterocycles. The first-order valence-electron chi connectivity index (χ1n) is 8.35. The van der Waals surface area contributed by atoms with Crippen LogP contribution in [0.1, 0.15) is 38.7 Å². The molecule has 1 heterocycles. The van der Waals surface area contributed by atoms with E-state index in [9.17, 15) is 0 Å².